The monoisotopic (exact) mass is 282 g/mol. The highest BCUT2D eigenvalue weighted by Gasteiger charge is 2.28. The summed E-state index contributed by atoms with van der Waals surface area (Å²) >= 11 is 5.95. The van der Waals surface area contributed by atoms with Gasteiger partial charge in [0.05, 0.1) is 5.71 Å². The molecular formula is C14H19ClN2O2. The summed E-state index contributed by atoms with van der Waals surface area (Å²) in [6, 6.07) is 7.83. The quantitative estimate of drug-likeness (QED) is 0.870. The van der Waals surface area contributed by atoms with Crippen LogP contribution in [0.15, 0.2) is 29.4 Å². The van der Waals surface area contributed by atoms with Crippen molar-refractivity contribution in [1.29, 1.82) is 0 Å². The lowest BCUT2D eigenvalue weighted by Crippen LogP contribution is -2.39. The Hall–Kier alpha value is -1.10. The van der Waals surface area contributed by atoms with Crippen LogP contribution in [0.1, 0.15) is 25.8 Å². The van der Waals surface area contributed by atoms with Gasteiger partial charge in [0.15, 0.2) is 6.10 Å². The smallest absolute Gasteiger partial charge is 0.160 e. The van der Waals surface area contributed by atoms with Gasteiger partial charge in [-0.25, -0.2) is 0 Å². The van der Waals surface area contributed by atoms with E-state index in [4.69, 9.17) is 16.4 Å². The Bertz CT molecular complexity index is 463. The number of nitrogens with zero attached hydrogens (tertiary/aromatic N) is 1. The van der Waals surface area contributed by atoms with E-state index in [0.29, 0.717) is 24.0 Å². The minimum absolute atomic E-state index is 0.291. The summed E-state index contributed by atoms with van der Waals surface area (Å²) in [4.78, 5) is 5.31. The van der Waals surface area contributed by atoms with E-state index in [1.54, 1.807) is 0 Å². The molecule has 2 unspecified atom stereocenters. The Kier molecular flexibility index (Phi) is 4.80. The van der Waals surface area contributed by atoms with Crippen LogP contribution in [-0.2, 0) is 4.84 Å². The lowest BCUT2D eigenvalue weighted by molar-refractivity contribution is -0.0166. The summed E-state index contributed by atoms with van der Waals surface area (Å²) in [5.74, 6) is 0. The summed E-state index contributed by atoms with van der Waals surface area (Å²) < 4.78 is 0. The summed E-state index contributed by atoms with van der Waals surface area (Å²) in [5.41, 5.74) is 1.77. The largest absolute Gasteiger partial charge is 0.389 e. The molecule has 2 rings (SSSR count). The maximum absolute atomic E-state index is 10.0. The SMILES string of the molecule is CC(C)NCC(O)C1CC(c2cccc(Cl)c2)=NO1. The van der Waals surface area contributed by atoms with E-state index in [0.717, 1.165) is 11.3 Å². The predicted octanol–water partition coefficient (Wildman–Crippen LogP) is 2.19. The van der Waals surface area contributed by atoms with Crippen molar-refractivity contribution in [3.8, 4) is 0 Å². The molecule has 4 nitrogen and oxygen atoms in total. The molecule has 0 radical (unpaired) electrons. The second-order valence-electron chi connectivity index (χ2n) is 5.03. The fourth-order valence-electron chi connectivity index (χ4n) is 1.93. The van der Waals surface area contributed by atoms with Crippen molar-refractivity contribution in [3.63, 3.8) is 0 Å². The van der Waals surface area contributed by atoms with E-state index in [-0.39, 0.29) is 6.10 Å². The molecule has 0 fully saturated rings. The van der Waals surface area contributed by atoms with E-state index in [9.17, 15) is 5.11 Å². The van der Waals surface area contributed by atoms with E-state index in [1.807, 2.05) is 38.1 Å². The van der Waals surface area contributed by atoms with Crippen LogP contribution in [0.2, 0.25) is 5.02 Å². The molecule has 2 N–H and O–H groups in total. The molecular weight excluding hydrogens is 264 g/mol. The molecule has 0 saturated carbocycles. The van der Waals surface area contributed by atoms with Crippen LogP contribution in [0.4, 0.5) is 0 Å². The first kappa shape index (κ1) is 14.3. The number of hydrogen-bond acceptors (Lipinski definition) is 4. The van der Waals surface area contributed by atoms with Crippen molar-refractivity contribution in [3.05, 3.63) is 34.9 Å². The summed E-state index contributed by atoms with van der Waals surface area (Å²) in [6.07, 6.45) is -0.260. The number of halogens is 1. The van der Waals surface area contributed by atoms with E-state index in [2.05, 4.69) is 10.5 Å². The number of oxime groups is 1. The van der Waals surface area contributed by atoms with Crippen LogP contribution in [0.3, 0.4) is 0 Å². The van der Waals surface area contributed by atoms with E-state index >= 15 is 0 Å². The first-order valence-electron chi connectivity index (χ1n) is 6.46. The predicted molar refractivity (Wildman–Crippen MR) is 76.6 cm³/mol. The Labute approximate surface area is 118 Å². The van der Waals surface area contributed by atoms with Crippen molar-refractivity contribution in [1.82, 2.24) is 5.32 Å². The second kappa shape index (κ2) is 6.37. The van der Waals surface area contributed by atoms with Gasteiger partial charge in [0.1, 0.15) is 6.10 Å². The number of aliphatic hydroxyl groups is 1. The molecule has 0 amide bonds. The van der Waals surface area contributed by atoms with Crippen molar-refractivity contribution in [2.24, 2.45) is 5.16 Å². The van der Waals surface area contributed by atoms with Crippen molar-refractivity contribution < 1.29 is 9.94 Å². The molecule has 19 heavy (non-hydrogen) atoms. The van der Waals surface area contributed by atoms with Crippen LogP contribution < -0.4 is 5.32 Å². The van der Waals surface area contributed by atoms with Crippen LogP contribution >= 0.6 is 11.6 Å². The number of rotatable bonds is 5. The van der Waals surface area contributed by atoms with Gasteiger partial charge in [-0.1, -0.05) is 42.7 Å². The third-order valence-electron chi connectivity index (χ3n) is 3.02. The molecule has 0 aliphatic carbocycles. The molecule has 5 heteroatoms. The highest BCUT2D eigenvalue weighted by Crippen LogP contribution is 2.21. The average Bonchev–Trinajstić information content (AvgIpc) is 2.85. The third kappa shape index (κ3) is 3.93. The molecule has 104 valence electrons. The molecule has 2 atom stereocenters. The van der Waals surface area contributed by atoms with Crippen LogP contribution in [-0.4, -0.2) is 35.6 Å². The van der Waals surface area contributed by atoms with Crippen LogP contribution in [0, 0.1) is 0 Å². The number of hydrogen-bond donors (Lipinski definition) is 2. The van der Waals surface area contributed by atoms with Gasteiger partial charge in [-0.2, -0.15) is 0 Å². The summed E-state index contributed by atoms with van der Waals surface area (Å²) in [5, 5.41) is 17.9. The molecule has 1 heterocycles. The van der Waals surface area contributed by atoms with Gasteiger partial charge in [-0.3, -0.25) is 0 Å². The Balaban J connectivity index is 1.92. The second-order valence-corrected chi connectivity index (χ2v) is 5.46. The van der Waals surface area contributed by atoms with Gasteiger partial charge in [0.2, 0.25) is 0 Å². The molecule has 0 spiro atoms. The lowest BCUT2D eigenvalue weighted by atomic mass is 10.0. The highest BCUT2D eigenvalue weighted by molar-refractivity contribution is 6.31. The maximum atomic E-state index is 10.0. The third-order valence-corrected chi connectivity index (χ3v) is 3.25. The Morgan fingerprint density at radius 3 is 3.00 bits per heavy atom. The van der Waals surface area contributed by atoms with Crippen molar-refractivity contribution >= 4 is 17.3 Å². The van der Waals surface area contributed by atoms with Crippen LogP contribution in [0.25, 0.3) is 0 Å². The van der Waals surface area contributed by atoms with Crippen LogP contribution in [0.5, 0.6) is 0 Å². The molecule has 1 aliphatic rings. The first-order chi connectivity index (χ1) is 9.06. The molecule has 0 saturated heterocycles. The number of nitrogens with one attached hydrogen (secondary N) is 1. The van der Waals surface area contributed by atoms with Gasteiger partial charge >= 0.3 is 0 Å². The van der Waals surface area contributed by atoms with E-state index < -0.39 is 6.10 Å². The zero-order chi connectivity index (χ0) is 13.8. The molecule has 1 aromatic rings. The molecule has 0 bridgehead atoms. The van der Waals surface area contributed by atoms with Gasteiger partial charge < -0.3 is 15.3 Å². The normalized spacial score (nSPS) is 20.3. The van der Waals surface area contributed by atoms with E-state index in [1.165, 1.54) is 0 Å². The maximum Gasteiger partial charge on any atom is 0.160 e. The molecule has 0 aromatic heterocycles. The van der Waals surface area contributed by atoms with Gasteiger partial charge in [-0.05, 0) is 12.1 Å². The number of aliphatic hydroxyl groups excluding tert-OH is 1. The minimum Gasteiger partial charge on any atom is -0.389 e. The van der Waals surface area contributed by atoms with Gasteiger partial charge in [0.25, 0.3) is 0 Å². The minimum atomic E-state index is -0.567. The zero-order valence-electron chi connectivity index (χ0n) is 11.1. The molecule has 1 aromatic carbocycles. The topological polar surface area (TPSA) is 53.8 Å². The fraction of sp³-hybridized carbons (Fsp3) is 0.500. The fourth-order valence-corrected chi connectivity index (χ4v) is 2.12. The first-order valence-corrected chi connectivity index (χ1v) is 6.84. The van der Waals surface area contributed by atoms with Gasteiger partial charge in [0, 0.05) is 29.6 Å². The van der Waals surface area contributed by atoms with Crippen molar-refractivity contribution in [2.45, 2.75) is 38.5 Å². The van der Waals surface area contributed by atoms with Gasteiger partial charge in [-0.15, -0.1) is 0 Å². The highest BCUT2D eigenvalue weighted by atomic mass is 35.5. The number of benzene rings is 1. The Morgan fingerprint density at radius 1 is 1.53 bits per heavy atom. The summed E-state index contributed by atoms with van der Waals surface area (Å²) in [7, 11) is 0. The average molecular weight is 283 g/mol. The lowest BCUT2D eigenvalue weighted by Gasteiger charge is -2.18. The summed E-state index contributed by atoms with van der Waals surface area (Å²) in [6.45, 7) is 4.58. The standard InChI is InChI=1S/C14H19ClN2O2/c1-9(2)16-8-13(18)14-7-12(17-19-14)10-4-3-5-11(15)6-10/h3-6,9,13-14,16,18H,7-8H2,1-2H3. The molecule has 1 aliphatic heterocycles. The van der Waals surface area contributed by atoms with Crippen molar-refractivity contribution in [2.75, 3.05) is 6.54 Å². The zero-order valence-corrected chi connectivity index (χ0v) is 11.9. The Morgan fingerprint density at radius 2 is 2.32 bits per heavy atom.